The molecule has 0 aliphatic heterocycles. The van der Waals surface area contributed by atoms with Crippen LogP contribution >= 0.6 is 0 Å². The van der Waals surface area contributed by atoms with Crippen LogP contribution in [0.1, 0.15) is 238 Å². The minimum atomic E-state index is 0.754. The highest BCUT2D eigenvalue weighted by molar-refractivity contribution is 5.40. The summed E-state index contributed by atoms with van der Waals surface area (Å²) in [7, 11) is 3.58. The van der Waals surface area contributed by atoms with E-state index in [1.165, 1.54) is 224 Å². The van der Waals surface area contributed by atoms with Crippen molar-refractivity contribution in [1.82, 2.24) is 0 Å². The third kappa shape index (κ3) is 27.6. The van der Waals surface area contributed by atoms with Crippen LogP contribution in [0.3, 0.4) is 0 Å². The molecule has 0 N–H and O–H groups in total. The molecule has 0 radical (unpaired) electrons. The fourth-order valence-corrected chi connectivity index (χ4v) is 7.66. The summed E-state index contributed by atoms with van der Waals surface area (Å²) in [5.74, 6) is 2.73. The van der Waals surface area contributed by atoms with Gasteiger partial charge in [-0.3, -0.25) is 0 Å². The van der Waals surface area contributed by atoms with Crippen LogP contribution in [0.15, 0.2) is 18.2 Å². The zero-order chi connectivity index (χ0) is 34.6. The molecular formula is C46H86O2. The number of rotatable bonds is 38. The zero-order valence-electron chi connectivity index (χ0n) is 33.4. The van der Waals surface area contributed by atoms with Crippen molar-refractivity contribution in [3.63, 3.8) is 0 Å². The molecule has 0 amide bonds. The van der Waals surface area contributed by atoms with Crippen LogP contribution < -0.4 is 9.47 Å². The summed E-state index contributed by atoms with van der Waals surface area (Å²) in [5, 5.41) is 0. The predicted molar refractivity (Wildman–Crippen MR) is 215 cm³/mol. The SMILES string of the molecule is CCCCCCCCCCCCCCCCCCC(CCCCCCCCCCCCCCCCCC)Cc1cc(OC)ccc1OC. The average molecular weight is 671 g/mol. The fraction of sp³-hybridized carbons (Fsp3) is 0.870. The predicted octanol–water partition coefficient (Wildman–Crippen LogP) is 16.2. The fourth-order valence-electron chi connectivity index (χ4n) is 7.66. The van der Waals surface area contributed by atoms with Gasteiger partial charge in [0.25, 0.3) is 0 Å². The van der Waals surface area contributed by atoms with Crippen molar-refractivity contribution >= 4 is 0 Å². The molecule has 1 aromatic carbocycles. The van der Waals surface area contributed by atoms with Crippen molar-refractivity contribution in [3.05, 3.63) is 23.8 Å². The van der Waals surface area contributed by atoms with E-state index >= 15 is 0 Å². The summed E-state index contributed by atoms with van der Waals surface area (Å²) in [6, 6.07) is 6.34. The minimum absolute atomic E-state index is 0.754. The van der Waals surface area contributed by atoms with Gasteiger partial charge in [0.15, 0.2) is 0 Å². The van der Waals surface area contributed by atoms with Gasteiger partial charge in [-0.25, -0.2) is 0 Å². The molecule has 0 fully saturated rings. The quantitative estimate of drug-likeness (QED) is 0.0652. The van der Waals surface area contributed by atoms with Crippen LogP contribution in [0.2, 0.25) is 0 Å². The minimum Gasteiger partial charge on any atom is -0.497 e. The summed E-state index contributed by atoms with van der Waals surface area (Å²) in [6.07, 6.45) is 49.9. The molecule has 282 valence electrons. The van der Waals surface area contributed by atoms with Crippen molar-refractivity contribution in [1.29, 1.82) is 0 Å². The Kier molecular flexibility index (Phi) is 33.3. The van der Waals surface area contributed by atoms with E-state index in [-0.39, 0.29) is 0 Å². The van der Waals surface area contributed by atoms with E-state index in [4.69, 9.17) is 9.47 Å². The van der Waals surface area contributed by atoms with Crippen molar-refractivity contribution in [3.8, 4) is 11.5 Å². The Hall–Kier alpha value is -1.18. The van der Waals surface area contributed by atoms with Crippen molar-refractivity contribution in [2.75, 3.05) is 14.2 Å². The Morgan fingerprint density at radius 2 is 0.708 bits per heavy atom. The van der Waals surface area contributed by atoms with E-state index in [1.54, 1.807) is 7.11 Å². The maximum atomic E-state index is 5.76. The highest BCUT2D eigenvalue weighted by Crippen LogP contribution is 2.30. The molecule has 2 nitrogen and oxygen atoms in total. The molecule has 0 aromatic heterocycles. The van der Waals surface area contributed by atoms with Gasteiger partial charge in [-0.15, -0.1) is 0 Å². The molecule has 0 aliphatic rings. The molecule has 2 heteroatoms. The smallest absolute Gasteiger partial charge is 0.122 e. The lowest BCUT2D eigenvalue weighted by Gasteiger charge is -2.19. The maximum absolute atomic E-state index is 5.76. The molecule has 1 rings (SSSR count). The van der Waals surface area contributed by atoms with Crippen LogP contribution in [0.25, 0.3) is 0 Å². The number of ether oxygens (including phenoxy) is 2. The number of unbranched alkanes of at least 4 members (excludes halogenated alkanes) is 30. The molecule has 0 unspecified atom stereocenters. The molecule has 48 heavy (non-hydrogen) atoms. The Balaban J connectivity index is 2.19. The summed E-state index contributed by atoms with van der Waals surface area (Å²) < 4.78 is 11.3. The van der Waals surface area contributed by atoms with Gasteiger partial charge >= 0.3 is 0 Å². The van der Waals surface area contributed by atoms with Crippen LogP contribution in [0.4, 0.5) is 0 Å². The van der Waals surface area contributed by atoms with Gasteiger partial charge in [-0.05, 0) is 36.1 Å². The van der Waals surface area contributed by atoms with Gasteiger partial charge in [0.2, 0.25) is 0 Å². The van der Waals surface area contributed by atoms with Gasteiger partial charge in [0.1, 0.15) is 11.5 Å². The van der Waals surface area contributed by atoms with Gasteiger partial charge in [-0.2, -0.15) is 0 Å². The third-order valence-electron chi connectivity index (χ3n) is 10.9. The Morgan fingerprint density at radius 3 is 1.00 bits per heavy atom. The largest absolute Gasteiger partial charge is 0.497 e. The second-order valence-electron chi connectivity index (χ2n) is 15.4. The molecule has 0 saturated carbocycles. The van der Waals surface area contributed by atoms with Gasteiger partial charge in [-0.1, -0.05) is 232 Å². The average Bonchev–Trinajstić information content (AvgIpc) is 3.11. The standard InChI is InChI=1S/C46H86O2/c1-5-7-9-11-13-15-17-19-21-23-25-27-29-31-33-35-37-43(41-44-42-45(47-3)39-40-46(44)48-4)38-36-34-32-30-28-26-24-22-20-18-16-14-12-10-8-6-2/h39-40,42-43H,5-38,41H2,1-4H3. The first-order chi connectivity index (χ1) is 23.7. The summed E-state index contributed by atoms with van der Waals surface area (Å²) >= 11 is 0. The highest BCUT2D eigenvalue weighted by Gasteiger charge is 2.14. The number of hydrogen-bond acceptors (Lipinski definition) is 2. The number of methoxy groups -OCH3 is 2. The lowest BCUT2D eigenvalue weighted by molar-refractivity contribution is 0.375. The first-order valence-electron chi connectivity index (χ1n) is 22.0. The summed E-state index contributed by atoms with van der Waals surface area (Å²) in [5.41, 5.74) is 1.33. The molecule has 0 heterocycles. The lowest BCUT2D eigenvalue weighted by Crippen LogP contribution is -2.07. The van der Waals surface area contributed by atoms with Gasteiger partial charge < -0.3 is 9.47 Å². The third-order valence-corrected chi connectivity index (χ3v) is 10.9. The zero-order valence-corrected chi connectivity index (χ0v) is 33.4. The van der Waals surface area contributed by atoms with E-state index in [0.717, 1.165) is 23.8 Å². The van der Waals surface area contributed by atoms with Crippen molar-refractivity contribution < 1.29 is 9.47 Å². The van der Waals surface area contributed by atoms with Crippen molar-refractivity contribution in [2.24, 2.45) is 5.92 Å². The Labute approximate surface area is 302 Å². The summed E-state index contributed by atoms with van der Waals surface area (Å²) in [6.45, 7) is 4.61. The summed E-state index contributed by atoms with van der Waals surface area (Å²) in [4.78, 5) is 0. The first kappa shape index (κ1) is 44.8. The second kappa shape index (κ2) is 35.6. The van der Waals surface area contributed by atoms with E-state index in [2.05, 4.69) is 26.0 Å². The lowest BCUT2D eigenvalue weighted by atomic mass is 9.88. The van der Waals surface area contributed by atoms with E-state index in [1.807, 2.05) is 13.2 Å². The molecule has 0 bridgehead atoms. The van der Waals surface area contributed by atoms with Crippen LogP contribution in [0, 0.1) is 5.92 Å². The normalized spacial score (nSPS) is 11.5. The van der Waals surface area contributed by atoms with E-state index in [0.29, 0.717) is 0 Å². The second-order valence-corrected chi connectivity index (χ2v) is 15.4. The monoisotopic (exact) mass is 671 g/mol. The Bertz CT molecular complexity index is 737. The molecule has 0 atom stereocenters. The molecular weight excluding hydrogens is 585 g/mol. The van der Waals surface area contributed by atoms with Gasteiger partial charge in [0.05, 0.1) is 14.2 Å². The number of hydrogen-bond donors (Lipinski definition) is 0. The van der Waals surface area contributed by atoms with Crippen LogP contribution in [-0.4, -0.2) is 14.2 Å². The maximum Gasteiger partial charge on any atom is 0.122 e. The molecule has 0 aliphatic carbocycles. The van der Waals surface area contributed by atoms with Crippen LogP contribution in [0.5, 0.6) is 11.5 Å². The van der Waals surface area contributed by atoms with Crippen LogP contribution in [-0.2, 0) is 6.42 Å². The van der Waals surface area contributed by atoms with E-state index < -0.39 is 0 Å². The highest BCUT2D eigenvalue weighted by atomic mass is 16.5. The van der Waals surface area contributed by atoms with Gasteiger partial charge in [0, 0.05) is 0 Å². The van der Waals surface area contributed by atoms with Crippen molar-refractivity contribution in [2.45, 2.75) is 239 Å². The molecule has 0 spiro atoms. The van der Waals surface area contributed by atoms with E-state index in [9.17, 15) is 0 Å². The number of benzene rings is 1. The molecule has 1 aromatic rings. The first-order valence-corrected chi connectivity index (χ1v) is 22.0. The topological polar surface area (TPSA) is 18.5 Å². The molecule has 0 saturated heterocycles. The Morgan fingerprint density at radius 1 is 0.396 bits per heavy atom.